The topological polar surface area (TPSA) is 20.2 Å². The van der Waals surface area contributed by atoms with Crippen LogP contribution in [0.15, 0.2) is 0 Å². The number of rotatable bonds is 18. The van der Waals surface area contributed by atoms with Gasteiger partial charge >= 0.3 is 0 Å². The second-order valence-electron chi connectivity index (χ2n) is 8.06. The standard InChI is InChI=1S/C21H46NO.ClH/c1-4-5-6-7-8-9-10-11-12-13-14-15-16-17-19-22(2,3)20-18-21-23;/h23H,4-21H2,1-3H3;1H/q+1;. The van der Waals surface area contributed by atoms with Crippen molar-refractivity contribution in [2.24, 2.45) is 0 Å². The molecule has 0 unspecified atom stereocenters. The van der Waals surface area contributed by atoms with E-state index in [9.17, 15) is 0 Å². The van der Waals surface area contributed by atoms with Gasteiger partial charge in [-0.15, -0.1) is 12.4 Å². The second-order valence-corrected chi connectivity index (χ2v) is 8.06. The lowest BCUT2D eigenvalue weighted by Crippen LogP contribution is -2.41. The van der Waals surface area contributed by atoms with E-state index in [4.69, 9.17) is 5.11 Å². The van der Waals surface area contributed by atoms with Crippen molar-refractivity contribution in [3.63, 3.8) is 0 Å². The Balaban J connectivity index is 0. The molecule has 0 saturated carbocycles. The van der Waals surface area contributed by atoms with Crippen molar-refractivity contribution in [3.8, 4) is 0 Å². The Hall–Kier alpha value is 0.210. The molecule has 0 saturated heterocycles. The van der Waals surface area contributed by atoms with Crippen molar-refractivity contribution < 1.29 is 9.59 Å². The average Bonchev–Trinajstić information content (AvgIpc) is 2.53. The molecule has 0 fully saturated rings. The van der Waals surface area contributed by atoms with Crippen LogP contribution in [0, 0.1) is 0 Å². The van der Waals surface area contributed by atoms with Gasteiger partial charge in [0, 0.05) is 13.0 Å². The van der Waals surface area contributed by atoms with E-state index >= 15 is 0 Å². The van der Waals surface area contributed by atoms with Gasteiger partial charge in [0.25, 0.3) is 0 Å². The summed E-state index contributed by atoms with van der Waals surface area (Å²) in [6.07, 6.45) is 20.9. The third kappa shape index (κ3) is 20.3. The highest BCUT2D eigenvalue weighted by Gasteiger charge is 2.12. The van der Waals surface area contributed by atoms with Crippen LogP contribution in [0.4, 0.5) is 0 Å². The van der Waals surface area contributed by atoms with Crippen molar-refractivity contribution in [1.82, 2.24) is 0 Å². The monoisotopic (exact) mass is 364 g/mol. The highest BCUT2D eigenvalue weighted by molar-refractivity contribution is 5.85. The van der Waals surface area contributed by atoms with Crippen LogP contribution in [0.3, 0.4) is 0 Å². The van der Waals surface area contributed by atoms with Crippen LogP contribution in [-0.4, -0.2) is 43.4 Å². The SMILES string of the molecule is CCCCCCCCCCCCCCCC[N+](C)(C)CCCO.Cl. The molecule has 1 N–H and O–H groups in total. The molecule has 0 amide bonds. The number of aliphatic hydroxyl groups excluding tert-OH is 1. The predicted molar refractivity (Wildman–Crippen MR) is 111 cm³/mol. The fraction of sp³-hybridized carbons (Fsp3) is 1.00. The van der Waals surface area contributed by atoms with Gasteiger partial charge in [0.2, 0.25) is 0 Å². The number of aliphatic hydroxyl groups is 1. The van der Waals surface area contributed by atoms with E-state index in [2.05, 4.69) is 21.0 Å². The summed E-state index contributed by atoms with van der Waals surface area (Å²) in [5.41, 5.74) is 0. The molecule has 148 valence electrons. The second kappa shape index (κ2) is 19.5. The van der Waals surface area contributed by atoms with Crippen LogP contribution in [-0.2, 0) is 0 Å². The molecule has 0 atom stereocenters. The minimum Gasteiger partial charge on any atom is -0.396 e. The Morgan fingerprint density at radius 3 is 1.25 bits per heavy atom. The maximum absolute atomic E-state index is 8.91. The molecule has 2 nitrogen and oxygen atoms in total. The highest BCUT2D eigenvalue weighted by atomic mass is 35.5. The fourth-order valence-electron chi connectivity index (χ4n) is 3.34. The van der Waals surface area contributed by atoms with E-state index in [1.807, 2.05) is 0 Å². The first-order valence-corrected chi connectivity index (χ1v) is 10.6. The molecule has 0 aliphatic heterocycles. The van der Waals surface area contributed by atoms with Gasteiger partial charge in [0.1, 0.15) is 0 Å². The van der Waals surface area contributed by atoms with Crippen molar-refractivity contribution in [2.45, 2.75) is 103 Å². The number of halogens is 1. The first-order chi connectivity index (χ1) is 11.1. The number of hydrogen-bond acceptors (Lipinski definition) is 1. The van der Waals surface area contributed by atoms with Gasteiger partial charge in [-0.25, -0.2) is 0 Å². The van der Waals surface area contributed by atoms with Gasteiger partial charge in [0.15, 0.2) is 0 Å². The normalized spacial score (nSPS) is 11.5. The van der Waals surface area contributed by atoms with Crippen molar-refractivity contribution in [2.75, 3.05) is 33.8 Å². The Morgan fingerprint density at radius 2 is 0.875 bits per heavy atom. The fourth-order valence-corrected chi connectivity index (χ4v) is 3.34. The Labute approximate surface area is 159 Å². The average molecular weight is 365 g/mol. The van der Waals surface area contributed by atoms with Crippen molar-refractivity contribution >= 4 is 12.4 Å². The van der Waals surface area contributed by atoms with Crippen molar-refractivity contribution in [1.29, 1.82) is 0 Å². The van der Waals surface area contributed by atoms with Gasteiger partial charge in [-0.2, -0.15) is 0 Å². The lowest BCUT2D eigenvalue weighted by molar-refractivity contribution is -0.890. The molecule has 0 spiro atoms. The quantitative estimate of drug-likeness (QED) is 0.222. The van der Waals surface area contributed by atoms with E-state index in [1.54, 1.807) is 0 Å². The van der Waals surface area contributed by atoms with Crippen LogP contribution >= 0.6 is 12.4 Å². The third-order valence-corrected chi connectivity index (χ3v) is 5.04. The molecule has 0 heterocycles. The van der Waals surface area contributed by atoms with Crippen LogP contribution in [0.5, 0.6) is 0 Å². The van der Waals surface area contributed by atoms with E-state index in [1.165, 1.54) is 96.4 Å². The van der Waals surface area contributed by atoms with Crippen LogP contribution in [0.25, 0.3) is 0 Å². The van der Waals surface area contributed by atoms with Gasteiger partial charge in [-0.05, 0) is 12.8 Å². The highest BCUT2D eigenvalue weighted by Crippen LogP contribution is 2.13. The molecular weight excluding hydrogens is 318 g/mol. The van der Waals surface area contributed by atoms with Gasteiger partial charge < -0.3 is 9.59 Å². The summed E-state index contributed by atoms with van der Waals surface area (Å²) in [4.78, 5) is 0. The minimum absolute atomic E-state index is 0. The summed E-state index contributed by atoms with van der Waals surface area (Å²) < 4.78 is 1.07. The number of quaternary nitrogens is 1. The summed E-state index contributed by atoms with van der Waals surface area (Å²) in [6.45, 7) is 4.99. The summed E-state index contributed by atoms with van der Waals surface area (Å²) in [6, 6.07) is 0. The molecular formula is C21H47ClNO+. The Bertz CT molecular complexity index is 234. The summed E-state index contributed by atoms with van der Waals surface area (Å²) in [5.74, 6) is 0. The lowest BCUT2D eigenvalue weighted by Gasteiger charge is -2.29. The number of nitrogens with zero attached hydrogens (tertiary/aromatic N) is 1. The van der Waals surface area contributed by atoms with Gasteiger partial charge in [0.05, 0.1) is 27.2 Å². The third-order valence-electron chi connectivity index (χ3n) is 5.04. The molecule has 0 aliphatic rings. The molecule has 24 heavy (non-hydrogen) atoms. The Morgan fingerprint density at radius 1 is 0.542 bits per heavy atom. The first-order valence-electron chi connectivity index (χ1n) is 10.6. The van der Waals surface area contributed by atoms with E-state index in [0.717, 1.165) is 17.4 Å². The summed E-state index contributed by atoms with van der Waals surface area (Å²) >= 11 is 0. The van der Waals surface area contributed by atoms with Crippen molar-refractivity contribution in [3.05, 3.63) is 0 Å². The maximum Gasteiger partial charge on any atom is 0.0804 e. The molecule has 0 aliphatic carbocycles. The molecule has 0 rings (SSSR count). The number of unbranched alkanes of at least 4 members (excludes halogenated alkanes) is 13. The number of hydrogen-bond donors (Lipinski definition) is 1. The maximum atomic E-state index is 8.91. The van der Waals surface area contributed by atoms with E-state index < -0.39 is 0 Å². The zero-order chi connectivity index (χ0) is 17.2. The van der Waals surface area contributed by atoms with Crippen LogP contribution < -0.4 is 0 Å². The zero-order valence-corrected chi connectivity index (χ0v) is 17.8. The van der Waals surface area contributed by atoms with Crippen LogP contribution in [0.1, 0.15) is 103 Å². The molecule has 0 bridgehead atoms. The zero-order valence-electron chi connectivity index (χ0n) is 17.0. The predicted octanol–water partition coefficient (Wildman–Crippen LogP) is 6.35. The van der Waals surface area contributed by atoms with Gasteiger partial charge in [-0.3, -0.25) is 0 Å². The summed E-state index contributed by atoms with van der Waals surface area (Å²) in [5, 5.41) is 8.91. The van der Waals surface area contributed by atoms with E-state index in [-0.39, 0.29) is 12.4 Å². The molecule has 0 aromatic rings. The Kier molecular flexibility index (Phi) is 21.5. The van der Waals surface area contributed by atoms with E-state index in [0.29, 0.717) is 6.61 Å². The van der Waals surface area contributed by atoms with Crippen LogP contribution in [0.2, 0.25) is 0 Å². The smallest absolute Gasteiger partial charge is 0.0804 e. The molecule has 3 heteroatoms. The minimum atomic E-state index is 0. The summed E-state index contributed by atoms with van der Waals surface area (Å²) in [7, 11) is 4.58. The van der Waals surface area contributed by atoms with Gasteiger partial charge in [-0.1, -0.05) is 84.0 Å². The molecule has 0 aromatic carbocycles. The largest absolute Gasteiger partial charge is 0.396 e. The first kappa shape index (κ1) is 26.4. The molecule has 0 aromatic heterocycles. The molecule has 0 radical (unpaired) electrons. The lowest BCUT2D eigenvalue weighted by atomic mass is 10.0.